The molecular weight excluding hydrogens is 261 g/mol. The van der Waals surface area contributed by atoms with Crippen molar-refractivity contribution in [1.82, 2.24) is 4.98 Å². The van der Waals surface area contributed by atoms with Gasteiger partial charge in [0.25, 0.3) is 0 Å². The van der Waals surface area contributed by atoms with Crippen LogP contribution in [-0.4, -0.2) is 4.98 Å². The fourth-order valence-corrected chi connectivity index (χ4v) is 2.38. The van der Waals surface area contributed by atoms with E-state index in [1.54, 1.807) is 12.1 Å². The van der Waals surface area contributed by atoms with Crippen LogP contribution in [0.3, 0.4) is 0 Å². The lowest BCUT2D eigenvalue weighted by Gasteiger charge is -2.09. The third-order valence-electron chi connectivity index (χ3n) is 3.20. The summed E-state index contributed by atoms with van der Waals surface area (Å²) in [6, 6.07) is 12.2. The molecule has 1 aromatic heterocycles. The highest BCUT2D eigenvalue weighted by atomic mass is 35.5. The van der Waals surface area contributed by atoms with Crippen LogP contribution >= 0.6 is 11.6 Å². The first-order valence-corrected chi connectivity index (χ1v) is 6.34. The first-order chi connectivity index (χ1) is 9.15. The second-order valence-corrected chi connectivity index (χ2v) is 4.89. The summed E-state index contributed by atoms with van der Waals surface area (Å²) < 4.78 is 13.0. The Morgan fingerprint density at radius 3 is 2.47 bits per heavy atom. The number of fused-ring (bicyclic) bond motifs is 1. The van der Waals surface area contributed by atoms with E-state index < -0.39 is 0 Å². The lowest BCUT2D eigenvalue weighted by atomic mass is 9.99. The van der Waals surface area contributed by atoms with E-state index in [0.29, 0.717) is 5.02 Å². The van der Waals surface area contributed by atoms with Crippen molar-refractivity contribution in [3.63, 3.8) is 0 Å². The zero-order valence-corrected chi connectivity index (χ0v) is 11.1. The van der Waals surface area contributed by atoms with Gasteiger partial charge in [0.05, 0.1) is 0 Å². The number of pyridine rings is 1. The summed E-state index contributed by atoms with van der Waals surface area (Å²) in [5.41, 5.74) is 2.86. The fraction of sp³-hybridized carbons (Fsp3) is 0.0625. The Labute approximate surface area is 115 Å². The quantitative estimate of drug-likeness (QED) is 0.607. The number of hydrogen-bond acceptors (Lipinski definition) is 1. The zero-order valence-electron chi connectivity index (χ0n) is 10.3. The van der Waals surface area contributed by atoms with E-state index in [0.717, 1.165) is 27.6 Å². The summed E-state index contributed by atoms with van der Waals surface area (Å²) in [5.74, 6) is -0.240. The number of rotatable bonds is 1. The largest absolute Gasteiger partial charge is 0.260 e. The third kappa shape index (κ3) is 2.20. The molecule has 0 fully saturated rings. The van der Waals surface area contributed by atoms with Crippen LogP contribution < -0.4 is 0 Å². The number of hydrogen-bond donors (Lipinski definition) is 0. The minimum atomic E-state index is -0.240. The highest BCUT2D eigenvalue weighted by molar-refractivity contribution is 6.31. The molecule has 0 amide bonds. The molecule has 0 spiro atoms. The molecule has 1 heterocycles. The Kier molecular flexibility index (Phi) is 2.96. The Hall–Kier alpha value is -1.93. The van der Waals surface area contributed by atoms with Crippen LogP contribution in [0.25, 0.3) is 21.9 Å². The average molecular weight is 272 g/mol. The first kappa shape index (κ1) is 12.1. The summed E-state index contributed by atoms with van der Waals surface area (Å²) in [6.07, 6.45) is 1.82. The van der Waals surface area contributed by atoms with Gasteiger partial charge in [-0.15, -0.1) is 0 Å². The molecule has 1 nitrogen and oxygen atoms in total. The Morgan fingerprint density at radius 1 is 1.00 bits per heavy atom. The van der Waals surface area contributed by atoms with Crippen molar-refractivity contribution in [2.75, 3.05) is 0 Å². The van der Waals surface area contributed by atoms with Crippen LogP contribution in [0.2, 0.25) is 5.02 Å². The van der Waals surface area contributed by atoms with Crippen LogP contribution in [0, 0.1) is 12.7 Å². The molecule has 3 aromatic rings. The summed E-state index contributed by atoms with van der Waals surface area (Å²) in [5, 5.41) is 2.78. The molecule has 0 saturated heterocycles. The van der Waals surface area contributed by atoms with Gasteiger partial charge in [0.2, 0.25) is 0 Å². The summed E-state index contributed by atoms with van der Waals surface area (Å²) in [7, 11) is 0. The lowest BCUT2D eigenvalue weighted by Crippen LogP contribution is -1.89. The van der Waals surface area contributed by atoms with Gasteiger partial charge in [-0.05, 0) is 42.1 Å². The normalized spacial score (nSPS) is 10.9. The molecule has 0 bridgehead atoms. The Bertz CT molecular complexity index is 751. The molecule has 19 heavy (non-hydrogen) atoms. The summed E-state index contributed by atoms with van der Waals surface area (Å²) >= 11 is 6.03. The minimum Gasteiger partial charge on any atom is -0.260 e. The number of aryl methyl sites for hydroxylation is 1. The van der Waals surface area contributed by atoms with Crippen LogP contribution in [0.4, 0.5) is 4.39 Å². The molecule has 0 aliphatic heterocycles. The number of aromatic nitrogens is 1. The van der Waals surface area contributed by atoms with Crippen LogP contribution in [0.1, 0.15) is 5.69 Å². The van der Waals surface area contributed by atoms with Gasteiger partial charge in [-0.3, -0.25) is 4.98 Å². The molecule has 0 radical (unpaired) electrons. The number of nitrogens with zero attached hydrogens (tertiary/aromatic N) is 1. The van der Waals surface area contributed by atoms with Crippen LogP contribution in [0.5, 0.6) is 0 Å². The van der Waals surface area contributed by atoms with Crippen LogP contribution in [0.15, 0.2) is 48.7 Å². The van der Waals surface area contributed by atoms with Gasteiger partial charge < -0.3 is 0 Å². The molecule has 0 saturated carbocycles. The number of halogens is 2. The molecule has 94 valence electrons. The maximum atomic E-state index is 13.0. The Morgan fingerprint density at radius 2 is 1.74 bits per heavy atom. The first-order valence-electron chi connectivity index (χ1n) is 5.96. The molecule has 2 aromatic carbocycles. The van der Waals surface area contributed by atoms with Crippen molar-refractivity contribution in [3.8, 4) is 11.1 Å². The topological polar surface area (TPSA) is 12.9 Å². The molecule has 3 heteroatoms. The van der Waals surface area contributed by atoms with Crippen molar-refractivity contribution in [1.29, 1.82) is 0 Å². The van der Waals surface area contributed by atoms with Gasteiger partial charge in [0.15, 0.2) is 0 Å². The van der Waals surface area contributed by atoms with Gasteiger partial charge in [-0.2, -0.15) is 0 Å². The van der Waals surface area contributed by atoms with E-state index in [1.807, 2.05) is 31.3 Å². The van der Waals surface area contributed by atoms with Gasteiger partial charge >= 0.3 is 0 Å². The van der Waals surface area contributed by atoms with Crippen molar-refractivity contribution in [2.45, 2.75) is 6.92 Å². The van der Waals surface area contributed by atoms with E-state index >= 15 is 0 Å². The average Bonchev–Trinajstić information content (AvgIpc) is 2.41. The van der Waals surface area contributed by atoms with Gasteiger partial charge in [-0.25, -0.2) is 4.39 Å². The fourth-order valence-electron chi connectivity index (χ4n) is 2.21. The monoisotopic (exact) mass is 271 g/mol. The zero-order chi connectivity index (χ0) is 13.4. The van der Waals surface area contributed by atoms with Crippen molar-refractivity contribution in [3.05, 3.63) is 65.2 Å². The summed E-state index contributed by atoms with van der Waals surface area (Å²) in [6.45, 7) is 1.95. The van der Waals surface area contributed by atoms with E-state index in [2.05, 4.69) is 4.98 Å². The molecule has 0 unspecified atom stereocenters. The highest BCUT2D eigenvalue weighted by Crippen LogP contribution is 2.31. The predicted molar refractivity (Wildman–Crippen MR) is 76.9 cm³/mol. The SMILES string of the molecule is Cc1ncc(-c2ccc(F)cc2)c2ccc(Cl)cc12. The van der Waals surface area contributed by atoms with Crippen molar-refractivity contribution in [2.24, 2.45) is 0 Å². The Balaban J connectivity index is 2.30. The predicted octanol–water partition coefficient (Wildman–Crippen LogP) is 5.00. The van der Waals surface area contributed by atoms with E-state index in [9.17, 15) is 4.39 Å². The van der Waals surface area contributed by atoms with Crippen LogP contribution in [-0.2, 0) is 0 Å². The second kappa shape index (κ2) is 4.63. The van der Waals surface area contributed by atoms with E-state index in [-0.39, 0.29) is 5.82 Å². The molecule has 0 N–H and O–H groups in total. The standard InChI is InChI=1S/C16H11ClFN/c1-10-15-8-12(17)4-7-14(15)16(9-19-10)11-2-5-13(18)6-3-11/h2-9H,1H3. The second-order valence-electron chi connectivity index (χ2n) is 4.45. The third-order valence-corrected chi connectivity index (χ3v) is 3.44. The van der Waals surface area contributed by atoms with E-state index in [4.69, 9.17) is 11.6 Å². The molecule has 0 aliphatic carbocycles. The van der Waals surface area contributed by atoms with Crippen molar-refractivity contribution < 1.29 is 4.39 Å². The van der Waals surface area contributed by atoms with Crippen molar-refractivity contribution >= 4 is 22.4 Å². The lowest BCUT2D eigenvalue weighted by molar-refractivity contribution is 0.628. The maximum Gasteiger partial charge on any atom is 0.123 e. The van der Waals surface area contributed by atoms with Gasteiger partial charge in [0.1, 0.15) is 5.82 Å². The smallest absolute Gasteiger partial charge is 0.123 e. The summed E-state index contributed by atoms with van der Waals surface area (Å²) in [4.78, 5) is 4.39. The number of benzene rings is 2. The highest BCUT2D eigenvalue weighted by Gasteiger charge is 2.07. The van der Waals surface area contributed by atoms with Gasteiger partial charge in [0, 0.05) is 27.9 Å². The molecular formula is C16H11ClFN. The van der Waals surface area contributed by atoms with E-state index in [1.165, 1.54) is 12.1 Å². The van der Waals surface area contributed by atoms with Gasteiger partial charge in [-0.1, -0.05) is 29.8 Å². The minimum absolute atomic E-state index is 0.240. The molecule has 0 atom stereocenters. The molecule has 3 rings (SSSR count). The maximum absolute atomic E-state index is 13.0. The molecule has 0 aliphatic rings.